The standard InChI is InChI=1S/C15H17N3O2/c19-15(20)12-9-17-18(10-12)14-4-2-1-3-13(14)11-5-7-16-8-6-11/h1-4,9-11,16H,5-8H2,(H,19,20). The molecule has 1 aliphatic heterocycles. The summed E-state index contributed by atoms with van der Waals surface area (Å²) in [7, 11) is 0. The molecule has 2 heterocycles. The van der Waals surface area contributed by atoms with Gasteiger partial charge in [-0.1, -0.05) is 18.2 Å². The Bertz CT molecular complexity index is 615. The van der Waals surface area contributed by atoms with E-state index < -0.39 is 5.97 Å². The minimum atomic E-state index is -0.949. The van der Waals surface area contributed by atoms with Crippen LogP contribution in [0.1, 0.15) is 34.7 Å². The van der Waals surface area contributed by atoms with E-state index in [9.17, 15) is 4.79 Å². The Kier molecular flexibility index (Phi) is 3.52. The van der Waals surface area contributed by atoms with Crippen molar-refractivity contribution in [1.29, 1.82) is 0 Å². The van der Waals surface area contributed by atoms with Crippen LogP contribution in [0.4, 0.5) is 0 Å². The van der Waals surface area contributed by atoms with Crippen molar-refractivity contribution in [2.24, 2.45) is 0 Å². The van der Waals surface area contributed by atoms with Crippen molar-refractivity contribution < 1.29 is 9.90 Å². The van der Waals surface area contributed by atoms with Gasteiger partial charge < -0.3 is 10.4 Å². The SMILES string of the molecule is O=C(O)c1cnn(-c2ccccc2C2CCNCC2)c1. The molecule has 0 saturated carbocycles. The lowest BCUT2D eigenvalue weighted by molar-refractivity contribution is 0.0697. The van der Waals surface area contributed by atoms with Gasteiger partial charge in [0.05, 0.1) is 17.4 Å². The van der Waals surface area contributed by atoms with E-state index in [4.69, 9.17) is 5.11 Å². The van der Waals surface area contributed by atoms with Crippen LogP contribution >= 0.6 is 0 Å². The highest BCUT2D eigenvalue weighted by atomic mass is 16.4. The molecule has 1 aromatic carbocycles. The number of carbonyl (C=O) groups is 1. The number of piperidine rings is 1. The molecule has 0 aliphatic carbocycles. The van der Waals surface area contributed by atoms with E-state index >= 15 is 0 Å². The third-order valence-electron chi connectivity index (χ3n) is 3.79. The van der Waals surface area contributed by atoms with Crippen LogP contribution in [-0.2, 0) is 0 Å². The summed E-state index contributed by atoms with van der Waals surface area (Å²) in [6.45, 7) is 2.05. The van der Waals surface area contributed by atoms with Crippen LogP contribution in [0.15, 0.2) is 36.7 Å². The molecule has 0 spiro atoms. The number of aromatic carboxylic acids is 1. The van der Waals surface area contributed by atoms with Crippen molar-refractivity contribution in [1.82, 2.24) is 15.1 Å². The zero-order valence-electron chi connectivity index (χ0n) is 11.1. The second-order valence-electron chi connectivity index (χ2n) is 5.06. The van der Waals surface area contributed by atoms with E-state index in [0.717, 1.165) is 31.6 Å². The van der Waals surface area contributed by atoms with Crippen LogP contribution in [0.25, 0.3) is 5.69 Å². The maximum atomic E-state index is 11.0. The van der Waals surface area contributed by atoms with Crippen LogP contribution in [0, 0.1) is 0 Å². The van der Waals surface area contributed by atoms with Crippen molar-refractivity contribution in [2.75, 3.05) is 13.1 Å². The van der Waals surface area contributed by atoms with Crippen LogP contribution in [0.2, 0.25) is 0 Å². The molecular weight excluding hydrogens is 254 g/mol. The zero-order valence-corrected chi connectivity index (χ0v) is 11.1. The van der Waals surface area contributed by atoms with Gasteiger partial charge in [-0.25, -0.2) is 9.48 Å². The van der Waals surface area contributed by atoms with Gasteiger partial charge >= 0.3 is 5.97 Å². The Morgan fingerprint density at radius 1 is 1.30 bits per heavy atom. The first-order valence-corrected chi connectivity index (χ1v) is 6.83. The van der Waals surface area contributed by atoms with Gasteiger partial charge in [0.1, 0.15) is 0 Å². The summed E-state index contributed by atoms with van der Waals surface area (Å²) in [5.74, 6) is -0.444. The van der Waals surface area contributed by atoms with Crippen molar-refractivity contribution in [3.63, 3.8) is 0 Å². The van der Waals surface area contributed by atoms with Gasteiger partial charge in [-0.2, -0.15) is 5.10 Å². The molecule has 0 radical (unpaired) electrons. The molecule has 0 unspecified atom stereocenters. The van der Waals surface area contributed by atoms with Gasteiger partial charge in [0.15, 0.2) is 0 Å². The molecule has 1 aromatic heterocycles. The Balaban J connectivity index is 1.97. The fourth-order valence-electron chi connectivity index (χ4n) is 2.74. The fraction of sp³-hybridized carbons (Fsp3) is 0.333. The number of nitrogens with zero attached hydrogens (tertiary/aromatic N) is 2. The van der Waals surface area contributed by atoms with Crippen LogP contribution in [0.5, 0.6) is 0 Å². The highest BCUT2D eigenvalue weighted by Gasteiger charge is 2.19. The molecule has 0 amide bonds. The second kappa shape index (κ2) is 5.46. The van der Waals surface area contributed by atoms with E-state index in [1.807, 2.05) is 18.2 Å². The van der Waals surface area contributed by atoms with Gasteiger partial charge in [-0.05, 0) is 43.5 Å². The lowest BCUT2D eigenvalue weighted by Gasteiger charge is -2.24. The van der Waals surface area contributed by atoms with Crippen molar-refractivity contribution in [2.45, 2.75) is 18.8 Å². The minimum Gasteiger partial charge on any atom is -0.478 e. The number of carboxylic acid groups (broad SMARTS) is 1. The van der Waals surface area contributed by atoms with Gasteiger partial charge in [0, 0.05) is 6.20 Å². The molecule has 104 valence electrons. The van der Waals surface area contributed by atoms with Gasteiger partial charge in [-0.15, -0.1) is 0 Å². The third kappa shape index (κ3) is 2.44. The first kappa shape index (κ1) is 12.9. The maximum Gasteiger partial charge on any atom is 0.338 e. The molecule has 1 saturated heterocycles. The Morgan fingerprint density at radius 3 is 2.75 bits per heavy atom. The molecule has 3 rings (SSSR count). The number of rotatable bonds is 3. The molecule has 1 aliphatic rings. The Morgan fingerprint density at radius 2 is 2.05 bits per heavy atom. The minimum absolute atomic E-state index is 0.213. The summed E-state index contributed by atoms with van der Waals surface area (Å²) in [4.78, 5) is 11.0. The molecular formula is C15H17N3O2. The fourth-order valence-corrected chi connectivity index (χ4v) is 2.74. The van der Waals surface area contributed by atoms with E-state index in [1.165, 1.54) is 11.8 Å². The molecule has 0 atom stereocenters. The van der Waals surface area contributed by atoms with Crippen molar-refractivity contribution >= 4 is 5.97 Å². The second-order valence-corrected chi connectivity index (χ2v) is 5.06. The third-order valence-corrected chi connectivity index (χ3v) is 3.79. The molecule has 2 N–H and O–H groups in total. The van der Waals surface area contributed by atoms with E-state index in [-0.39, 0.29) is 5.56 Å². The average molecular weight is 271 g/mol. The summed E-state index contributed by atoms with van der Waals surface area (Å²) in [6.07, 6.45) is 5.16. The molecule has 0 bridgehead atoms. The topological polar surface area (TPSA) is 67.1 Å². The number of hydrogen-bond donors (Lipinski definition) is 2. The van der Waals surface area contributed by atoms with Gasteiger partial charge in [0.25, 0.3) is 0 Å². The van der Waals surface area contributed by atoms with Crippen LogP contribution < -0.4 is 5.32 Å². The number of hydrogen-bond acceptors (Lipinski definition) is 3. The zero-order chi connectivity index (χ0) is 13.9. The monoisotopic (exact) mass is 271 g/mol. The summed E-state index contributed by atoms with van der Waals surface area (Å²) >= 11 is 0. The number of aromatic nitrogens is 2. The number of nitrogens with one attached hydrogen (secondary N) is 1. The summed E-state index contributed by atoms with van der Waals surface area (Å²) < 4.78 is 1.67. The highest BCUT2D eigenvalue weighted by Crippen LogP contribution is 2.29. The van der Waals surface area contributed by atoms with E-state index in [1.54, 1.807) is 10.9 Å². The van der Waals surface area contributed by atoms with Crippen molar-refractivity contribution in [3.8, 4) is 5.69 Å². The highest BCUT2D eigenvalue weighted by molar-refractivity contribution is 5.87. The van der Waals surface area contributed by atoms with E-state index in [2.05, 4.69) is 16.5 Å². The predicted octanol–water partition coefficient (Wildman–Crippen LogP) is 2.04. The number of para-hydroxylation sites is 1. The van der Waals surface area contributed by atoms with Crippen LogP contribution in [0.3, 0.4) is 0 Å². The Hall–Kier alpha value is -2.14. The molecule has 1 fully saturated rings. The molecule has 5 nitrogen and oxygen atoms in total. The van der Waals surface area contributed by atoms with Crippen molar-refractivity contribution in [3.05, 3.63) is 47.8 Å². The quantitative estimate of drug-likeness (QED) is 0.896. The summed E-state index contributed by atoms with van der Waals surface area (Å²) in [5.41, 5.74) is 2.44. The smallest absolute Gasteiger partial charge is 0.338 e. The first-order chi connectivity index (χ1) is 9.75. The normalized spacial score (nSPS) is 16.2. The Labute approximate surface area is 117 Å². The number of benzene rings is 1. The largest absolute Gasteiger partial charge is 0.478 e. The predicted molar refractivity (Wildman–Crippen MR) is 75.4 cm³/mol. The lowest BCUT2D eigenvalue weighted by Crippen LogP contribution is -2.27. The molecule has 2 aromatic rings. The average Bonchev–Trinajstić information content (AvgIpc) is 2.98. The number of carboxylic acids is 1. The lowest BCUT2D eigenvalue weighted by atomic mass is 9.89. The van der Waals surface area contributed by atoms with E-state index in [0.29, 0.717) is 5.92 Å². The molecule has 20 heavy (non-hydrogen) atoms. The van der Waals surface area contributed by atoms with Gasteiger partial charge in [0.2, 0.25) is 0 Å². The summed E-state index contributed by atoms with van der Waals surface area (Å²) in [6, 6.07) is 8.11. The van der Waals surface area contributed by atoms with Gasteiger partial charge in [-0.3, -0.25) is 0 Å². The summed E-state index contributed by atoms with van der Waals surface area (Å²) in [5, 5.41) is 16.5. The van der Waals surface area contributed by atoms with Crippen LogP contribution in [-0.4, -0.2) is 33.9 Å². The first-order valence-electron chi connectivity index (χ1n) is 6.83. The maximum absolute atomic E-state index is 11.0. The molecule has 5 heteroatoms.